The van der Waals surface area contributed by atoms with Crippen LogP contribution < -0.4 is 10.6 Å². The third-order valence-electron chi connectivity index (χ3n) is 3.09. The van der Waals surface area contributed by atoms with Gasteiger partial charge in [0.25, 0.3) is 0 Å². The van der Waals surface area contributed by atoms with E-state index in [0.29, 0.717) is 12.8 Å². The molecule has 3 N–H and O–H groups in total. The second kappa shape index (κ2) is 5.82. The molecule has 5 heteroatoms. The van der Waals surface area contributed by atoms with Gasteiger partial charge in [0.2, 0.25) is 5.91 Å². The van der Waals surface area contributed by atoms with Crippen molar-refractivity contribution >= 4 is 11.9 Å². The average molecular weight is 240 g/mol. The highest BCUT2D eigenvalue weighted by molar-refractivity contribution is 5.79. The Hall–Kier alpha value is -1.36. The number of rotatable bonds is 6. The molecule has 0 saturated heterocycles. The number of nitrogens with one attached hydrogen (secondary N) is 2. The number of carboxylic acid groups (broad SMARTS) is 1. The van der Waals surface area contributed by atoms with Crippen LogP contribution >= 0.6 is 0 Å². The van der Waals surface area contributed by atoms with Crippen molar-refractivity contribution < 1.29 is 14.7 Å². The minimum Gasteiger partial charge on any atom is -0.480 e. The van der Waals surface area contributed by atoms with E-state index in [1.807, 2.05) is 19.9 Å². The van der Waals surface area contributed by atoms with Crippen LogP contribution in [-0.4, -0.2) is 29.1 Å². The average Bonchev–Trinajstić information content (AvgIpc) is 2.26. The van der Waals surface area contributed by atoms with Gasteiger partial charge in [-0.15, -0.1) is 0 Å². The van der Waals surface area contributed by atoms with Gasteiger partial charge >= 0.3 is 5.97 Å². The number of hydrogen-bond donors (Lipinski definition) is 3. The highest BCUT2D eigenvalue weighted by Gasteiger charge is 2.25. The number of carbonyl (C=O) groups excluding carboxylic acids is 1. The standard InChI is InChI=1S/C12H20N2O3/c1-3-12(2,13-8-11(16)17)7-9-5-4-6-10(15)14-9/h5,13H,3-4,6-8H2,1-2H3,(H,14,15)(H,16,17). The Morgan fingerprint density at radius 1 is 1.65 bits per heavy atom. The lowest BCUT2D eigenvalue weighted by molar-refractivity contribution is -0.136. The van der Waals surface area contributed by atoms with Crippen LogP contribution in [-0.2, 0) is 9.59 Å². The van der Waals surface area contributed by atoms with Crippen LogP contribution in [0.3, 0.4) is 0 Å². The zero-order chi connectivity index (χ0) is 12.9. The van der Waals surface area contributed by atoms with E-state index in [1.165, 1.54) is 0 Å². The van der Waals surface area contributed by atoms with Crippen molar-refractivity contribution in [3.05, 3.63) is 11.8 Å². The van der Waals surface area contributed by atoms with Crippen molar-refractivity contribution in [2.75, 3.05) is 6.54 Å². The Balaban J connectivity index is 2.58. The van der Waals surface area contributed by atoms with Crippen molar-refractivity contribution in [2.45, 2.75) is 45.1 Å². The maximum absolute atomic E-state index is 11.2. The summed E-state index contributed by atoms with van der Waals surface area (Å²) in [5, 5.41) is 14.5. The van der Waals surface area contributed by atoms with E-state index < -0.39 is 5.97 Å². The molecule has 0 radical (unpaired) electrons. The summed E-state index contributed by atoms with van der Waals surface area (Å²) in [6, 6.07) is 0. The fraction of sp³-hybridized carbons (Fsp3) is 0.667. The molecule has 1 aliphatic rings. The number of amides is 1. The van der Waals surface area contributed by atoms with Crippen LogP contribution in [0.4, 0.5) is 0 Å². The molecular formula is C12H20N2O3. The molecule has 1 aliphatic heterocycles. The molecule has 1 unspecified atom stereocenters. The summed E-state index contributed by atoms with van der Waals surface area (Å²) in [6.45, 7) is 3.91. The van der Waals surface area contributed by atoms with E-state index in [2.05, 4.69) is 10.6 Å². The van der Waals surface area contributed by atoms with Crippen molar-refractivity contribution in [3.63, 3.8) is 0 Å². The quantitative estimate of drug-likeness (QED) is 0.647. The Morgan fingerprint density at radius 2 is 2.35 bits per heavy atom. The van der Waals surface area contributed by atoms with Crippen molar-refractivity contribution in [1.29, 1.82) is 0 Å². The van der Waals surface area contributed by atoms with Crippen LogP contribution in [0.15, 0.2) is 11.8 Å². The van der Waals surface area contributed by atoms with Gasteiger partial charge in [-0.1, -0.05) is 13.0 Å². The van der Waals surface area contributed by atoms with Gasteiger partial charge in [0.15, 0.2) is 0 Å². The molecule has 0 aromatic heterocycles. The van der Waals surface area contributed by atoms with Crippen molar-refractivity contribution in [3.8, 4) is 0 Å². The first-order valence-electron chi connectivity index (χ1n) is 5.91. The maximum atomic E-state index is 11.2. The fourth-order valence-electron chi connectivity index (χ4n) is 1.81. The predicted octanol–water partition coefficient (Wildman–Crippen LogP) is 1.01. The molecule has 0 saturated carbocycles. The Labute approximate surface area is 101 Å². The molecule has 17 heavy (non-hydrogen) atoms. The van der Waals surface area contributed by atoms with Gasteiger partial charge in [-0.25, -0.2) is 0 Å². The lowest BCUT2D eigenvalue weighted by atomic mass is 9.91. The maximum Gasteiger partial charge on any atom is 0.317 e. The van der Waals surface area contributed by atoms with E-state index in [0.717, 1.165) is 18.5 Å². The van der Waals surface area contributed by atoms with Gasteiger partial charge < -0.3 is 15.7 Å². The minimum atomic E-state index is -0.869. The monoisotopic (exact) mass is 240 g/mol. The molecule has 0 fully saturated rings. The smallest absolute Gasteiger partial charge is 0.317 e. The van der Waals surface area contributed by atoms with E-state index in [-0.39, 0.29) is 18.0 Å². The van der Waals surface area contributed by atoms with Gasteiger partial charge in [-0.05, 0) is 19.8 Å². The zero-order valence-electron chi connectivity index (χ0n) is 10.4. The Kier molecular flexibility index (Phi) is 4.69. The summed E-state index contributed by atoms with van der Waals surface area (Å²) in [5.41, 5.74) is 0.595. The van der Waals surface area contributed by atoms with Crippen LogP contribution in [0.1, 0.15) is 39.5 Å². The molecule has 1 amide bonds. The second-order valence-electron chi connectivity index (χ2n) is 4.65. The Morgan fingerprint density at radius 3 is 2.88 bits per heavy atom. The summed E-state index contributed by atoms with van der Waals surface area (Å²) in [6.07, 6.45) is 4.75. The van der Waals surface area contributed by atoms with Crippen molar-refractivity contribution in [2.24, 2.45) is 0 Å². The summed E-state index contributed by atoms with van der Waals surface area (Å²) in [5.74, 6) is -0.828. The third kappa shape index (κ3) is 4.56. The summed E-state index contributed by atoms with van der Waals surface area (Å²) in [7, 11) is 0. The summed E-state index contributed by atoms with van der Waals surface area (Å²) < 4.78 is 0. The normalized spacial score (nSPS) is 19.2. The fourth-order valence-corrected chi connectivity index (χ4v) is 1.81. The van der Waals surface area contributed by atoms with Crippen LogP contribution in [0.2, 0.25) is 0 Å². The summed E-state index contributed by atoms with van der Waals surface area (Å²) >= 11 is 0. The number of carboxylic acids is 1. The molecule has 0 bridgehead atoms. The van der Waals surface area contributed by atoms with E-state index >= 15 is 0 Å². The molecule has 0 aromatic rings. The van der Waals surface area contributed by atoms with Crippen LogP contribution in [0.25, 0.3) is 0 Å². The first kappa shape index (κ1) is 13.7. The van der Waals surface area contributed by atoms with Gasteiger partial charge in [0.05, 0.1) is 6.54 Å². The van der Waals surface area contributed by atoms with E-state index in [1.54, 1.807) is 0 Å². The highest BCUT2D eigenvalue weighted by Crippen LogP contribution is 2.21. The van der Waals surface area contributed by atoms with E-state index in [9.17, 15) is 9.59 Å². The molecule has 0 spiro atoms. The highest BCUT2D eigenvalue weighted by atomic mass is 16.4. The summed E-state index contributed by atoms with van der Waals surface area (Å²) in [4.78, 5) is 21.8. The second-order valence-corrected chi connectivity index (χ2v) is 4.65. The number of carbonyl (C=O) groups is 2. The molecular weight excluding hydrogens is 220 g/mol. The molecule has 1 heterocycles. The largest absolute Gasteiger partial charge is 0.480 e. The van der Waals surface area contributed by atoms with Gasteiger partial charge in [-0.2, -0.15) is 0 Å². The lowest BCUT2D eigenvalue weighted by Gasteiger charge is -2.31. The molecule has 5 nitrogen and oxygen atoms in total. The molecule has 0 aromatic carbocycles. The van der Waals surface area contributed by atoms with Crippen molar-refractivity contribution in [1.82, 2.24) is 10.6 Å². The topological polar surface area (TPSA) is 78.4 Å². The Bertz CT molecular complexity index is 339. The minimum absolute atomic E-state index is 0.0409. The third-order valence-corrected chi connectivity index (χ3v) is 3.09. The molecule has 0 aliphatic carbocycles. The van der Waals surface area contributed by atoms with Gasteiger partial charge in [0, 0.05) is 24.1 Å². The van der Waals surface area contributed by atoms with Gasteiger partial charge in [0.1, 0.15) is 0 Å². The predicted molar refractivity (Wildman–Crippen MR) is 64.4 cm³/mol. The van der Waals surface area contributed by atoms with Crippen LogP contribution in [0.5, 0.6) is 0 Å². The number of aliphatic carboxylic acids is 1. The van der Waals surface area contributed by atoms with Crippen LogP contribution in [0, 0.1) is 0 Å². The number of allylic oxidation sites excluding steroid dienone is 1. The zero-order valence-corrected chi connectivity index (χ0v) is 10.4. The SMILES string of the molecule is CCC(C)(CC1=CCCC(=O)N1)NCC(=O)O. The first-order valence-corrected chi connectivity index (χ1v) is 5.91. The van der Waals surface area contributed by atoms with E-state index in [4.69, 9.17) is 5.11 Å². The number of hydrogen-bond acceptors (Lipinski definition) is 3. The molecule has 1 rings (SSSR count). The molecule has 1 atom stereocenters. The first-order chi connectivity index (χ1) is 7.95. The molecule has 96 valence electrons. The lowest BCUT2D eigenvalue weighted by Crippen LogP contribution is -2.46. The van der Waals surface area contributed by atoms with Gasteiger partial charge in [-0.3, -0.25) is 9.59 Å².